The Morgan fingerprint density at radius 3 is 2.76 bits per heavy atom. The largest absolute Gasteiger partial charge is 0.312 e. The van der Waals surface area contributed by atoms with Gasteiger partial charge in [0.25, 0.3) is 0 Å². The summed E-state index contributed by atoms with van der Waals surface area (Å²) in [5, 5.41) is 3.52. The van der Waals surface area contributed by atoms with E-state index in [1.807, 2.05) is 6.07 Å². The summed E-state index contributed by atoms with van der Waals surface area (Å²) >= 11 is 0. The number of fused-ring (bicyclic) bond motifs is 3. The predicted octanol–water partition coefficient (Wildman–Crippen LogP) is 1.50. The summed E-state index contributed by atoms with van der Waals surface area (Å²) in [5.41, 5.74) is 1.81. The molecule has 0 radical (unpaired) electrons. The van der Waals surface area contributed by atoms with Gasteiger partial charge in [0.15, 0.2) is 0 Å². The maximum atomic E-state index is 13.2. The van der Waals surface area contributed by atoms with Crippen molar-refractivity contribution in [1.82, 2.24) is 9.62 Å². The first kappa shape index (κ1) is 17.0. The predicted molar refractivity (Wildman–Crippen MR) is 96.1 cm³/mol. The fourth-order valence-corrected chi connectivity index (χ4v) is 5.84. The van der Waals surface area contributed by atoms with Gasteiger partial charge in [-0.1, -0.05) is 6.07 Å². The second-order valence-corrected chi connectivity index (χ2v) is 9.29. The molecule has 2 saturated heterocycles. The van der Waals surface area contributed by atoms with E-state index >= 15 is 0 Å². The Hall–Kier alpha value is -1.44. The van der Waals surface area contributed by atoms with Crippen LogP contribution in [0.15, 0.2) is 23.1 Å². The van der Waals surface area contributed by atoms with E-state index in [1.54, 1.807) is 21.3 Å². The molecule has 1 N–H and O–H groups in total. The van der Waals surface area contributed by atoms with Crippen molar-refractivity contribution in [2.75, 3.05) is 24.5 Å². The van der Waals surface area contributed by atoms with Gasteiger partial charge >= 0.3 is 0 Å². The van der Waals surface area contributed by atoms with Gasteiger partial charge in [-0.15, -0.1) is 0 Å². The maximum absolute atomic E-state index is 13.2. The fourth-order valence-electron chi connectivity index (χ4n) is 4.32. The van der Waals surface area contributed by atoms with Gasteiger partial charge in [-0.2, -0.15) is 4.31 Å². The molecule has 2 unspecified atom stereocenters. The van der Waals surface area contributed by atoms with Crippen LogP contribution in [0, 0.1) is 0 Å². The number of rotatable bonds is 2. The number of aryl methyl sites for hydroxylation is 1. The SMILES string of the molecule is CC(=O)N1CCCc2ccc(S(=O)(=O)N3CCC4CCC(C3)N4)cc21. The zero-order valence-electron chi connectivity index (χ0n) is 14.6. The number of nitrogens with zero attached hydrogens (tertiary/aromatic N) is 2. The molecule has 25 heavy (non-hydrogen) atoms. The molecule has 0 aromatic heterocycles. The lowest BCUT2D eigenvalue weighted by Crippen LogP contribution is -2.39. The van der Waals surface area contributed by atoms with Gasteiger partial charge in [0.2, 0.25) is 15.9 Å². The van der Waals surface area contributed by atoms with Crippen LogP contribution < -0.4 is 10.2 Å². The molecule has 136 valence electrons. The van der Waals surface area contributed by atoms with Gasteiger partial charge in [0, 0.05) is 44.3 Å². The van der Waals surface area contributed by atoms with E-state index in [-0.39, 0.29) is 11.9 Å². The topological polar surface area (TPSA) is 69.7 Å². The Morgan fingerprint density at radius 2 is 1.96 bits per heavy atom. The van der Waals surface area contributed by atoms with E-state index in [0.29, 0.717) is 30.6 Å². The minimum absolute atomic E-state index is 0.0354. The van der Waals surface area contributed by atoms with Gasteiger partial charge < -0.3 is 10.2 Å². The number of carbonyl (C=O) groups excluding carboxylic acids is 1. The summed E-state index contributed by atoms with van der Waals surface area (Å²) in [7, 11) is -3.54. The van der Waals surface area contributed by atoms with E-state index in [4.69, 9.17) is 0 Å². The fraction of sp³-hybridized carbons (Fsp3) is 0.611. The van der Waals surface area contributed by atoms with Crippen molar-refractivity contribution >= 4 is 21.6 Å². The van der Waals surface area contributed by atoms with Gasteiger partial charge in [-0.3, -0.25) is 4.79 Å². The first-order chi connectivity index (χ1) is 11.9. The molecule has 4 rings (SSSR count). The number of hydrogen-bond donors (Lipinski definition) is 1. The Labute approximate surface area is 149 Å². The number of nitrogens with one attached hydrogen (secondary N) is 1. The maximum Gasteiger partial charge on any atom is 0.243 e. The minimum atomic E-state index is -3.54. The summed E-state index contributed by atoms with van der Waals surface area (Å²) in [5.74, 6) is -0.0354. The van der Waals surface area contributed by atoms with E-state index in [0.717, 1.165) is 43.4 Å². The lowest BCUT2D eigenvalue weighted by atomic mass is 10.0. The van der Waals surface area contributed by atoms with Crippen LogP contribution >= 0.6 is 0 Å². The number of hydrogen-bond acceptors (Lipinski definition) is 4. The van der Waals surface area contributed by atoms with Gasteiger partial charge in [0.05, 0.1) is 4.90 Å². The normalized spacial score (nSPS) is 27.0. The molecule has 1 amide bonds. The lowest BCUT2D eigenvalue weighted by Gasteiger charge is -2.30. The Bertz CT molecular complexity index is 793. The van der Waals surface area contributed by atoms with Crippen LogP contribution in [0.1, 0.15) is 38.2 Å². The van der Waals surface area contributed by atoms with Crippen molar-refractivity contribution in [3.05, 3.63) is 23.8 Å². The van der Waals surface area contributed by atoms with Crippen LogP contribution in [0.2, 0.25) is 0 Å². The average molecular weight is 363 g/mol. The first-order valence-corrected chi connectivity index (χ1v) is 10.6. The summed E-state index contributed by atoms with van der Waals surface area (Å²) in [4.78, 5) is 13.9. The molecule has 2 bridgehead atoms. The van der Waals surface area contributed by atoms with E-state index in [2.05, 4.69) is 5.32 Å². The third-order valence-electron chi connectivity index (χ3n) is 5.68. The van der Waals surface area contributed by atoms with E-state index in [9.17, 15) is 13.2 Å². The van der Waals surface area contributed by atoms with Crippen LogP contribution in [0.5, 0.6) is 0 Å². The molecule has 6 nitrogen and oxygen atoms in total. The molecule has 0 spiro atoms. The van der Waals surface area contributed by atoms with Gasteiger partial charge in [-0.25, -0.2) is 8.42 Å². The summed E-state index contributed by atoms with van der Waals surface area (Å²) in [6.07, 6.45) is 4.85. The monoisotopic (exact) mass is 363 g/mol. The second kappa shape index (κ2) is 6.37. The van der Waals surface area contributed by atoms with Crippen LogP contribution in [0.25, 0.3) is 0 Å². The van der Waals surface area contributed by atoms with Crippen LogP contribution in [-0.4, -0.2) is 50.3 Å². The molecule has 2 atom stereocenters. The van der Waals surface area contributed by atoms with Gasteiger partial charge in [0.1, 0.15) is 0 Å². The number of benzene rings is 1. The third kappa shape index (κ3) is 3.09. The molecule has 0 saturated carbocycles. The molecule has 3 aliphatic rings. The molecule has 3 heterocycles. The van der Waals surface area contributed by atoms with Crippen molar-refractivity contribution in [3.63, 3.8) is 0 Å². The minimum Gasteiger partial charge on any atom is -0.312 e. The van der Waals surface area contributed by atoms with Crippen LogP contribution in [-0.2, 0) is 21.2 Å². The number of amides is 1. The highest BCUT2D eigenvalue weighted by molar-refractivity contribution is 7.89. The molecular weight excluding hydrogens is 338 g/mol. The summed E-state index contributed by atoms with van der Waals surface area (Å²) in [6, 6.07) is 5.98. The quantitative estimate of drug-likeness (QED) is 0.865. The number of sulfonamides is 1. The molecular formula is C18H25N3O3S. The van der Waals surface area contributed by atoms with Crippen molar-refractivity contribution in [2.24, 2.45) is 0 Å². The zero-order chi connectivity index (χ0) is 17.6. The zero-order valence-corrected chi connectivity index (χ0v) is 15.4. The van der Waals surface area contributed by atoms with Crippen molar-refractivity contribution in [2.45, 2.75) is 56.0 Å². The molecule has 0 aliphatic carbocycles. The van der Waals surface area contributed by atoms with Crippen molar-refractivity contribution in [1.29, 1.82) is 0 Å². The Morgan fingerprint density at radius 1 is 1.16 bits per heavy atom. The first-order valence-electron chi connectivity index (χ1n) is 9.12. The van der Waals surface area contributed by atoms with Crippen LogP contribution in [0.3, 0.4) is 0 Å². The average Bonchev–Trinajstić information content (AvgIpc) is 2.91. The molecule has 1 aromatic carbocycles. The summed E-state index contributed by atoms with van der Waals surface area (Å²) < 4.78 is 28.0. The standard InChI is InChI=1S/C18H25N3O3S/c1-13(22)21-9-2-3-14-4-7-17(11-18(14)21)25(23,24)20-10-8-15-5-6-16(12-20)19-15/h4,7,11,15-16,19H,2-3,5-6,8-10,12H2,1H3. The Kier molecular flexibility index (Phi) is 4.33. The highest BCUT2D eigenvalue weighted by Crippen LogP contribution is 2.32. The van der Waals surface area contributed by atoms with Crippen LogP contribution in [0.4, 0.5) is 5.69 Å². The molecule has 7 heteroatoms. The van der Waals surface area contributed by atoms with Crippen molar-refractivity contribution < 1.29 is 13.2 Å². The lowest BCUT2D eigenvalue weighted by molar-refractivity contribution is -0.116. The van der Waals surface area contributed by atoms with E-state index in [1.165, 1.54) is 6.92 Å². The highest BCUT2D eigenvalue weighted by atomic mass is 32.2. The van der Waals surface area contributed by atoms with E-state index < -0.39 is 10.0 Å². The molecule has 2 fully saturated rings. The third-order valence-corrected chi connectivity index (χ3v) is 7.54. The second-order valence-electron chi connectivity index (χ2n) is 7.35. The number of anilines is 1. The number of carbonyl (C=O) groups is 1. The highest BCUT2D eigenvalue weighted by Gasteiger charge is 2.35. The Balaban J connectivity index is 1.66. The molecule has 1 aromatic rings. The molecule has 3 aliphatic heterocycles. The summed E-state index contributed by atoms with van der Waals surface area (Å²) in [6.45, 7) is 3.28. The smallest absolute Gasteiger partial charge is 0.243 e. The van der Waals surface area contributed by atoms with Gasteiger partial charge in [-0.05, 0) is 49.8 Å². The van der Waals surface area contributed by atoms with Crippen molar-refractivity contribution in [3.8, 4) is 0 Å².